The minimum Gasteiger partial charge on any atom is -0.495 e. The van der Waals surface area contributed by atoms with E-state index in [0.717, 1.165) is 61.6 Å². The molecule has 0 radical (unpaired) electrons. The lowest BCUT2D eigenvalue weighted by atomic mass is 9.68. The van der Waals surface area contributed by atoms with Gasteiger partial charge in [0.15, 0.2) is 0 Å². The number of fused-ring (bicyclic) bond motifs is 3. The third kappa shape index (κ3) is 3.52. The summed E-state index contributed by atoms with van der Waals surface area (Å²) in [7, 11) is 1.70. The number of morpholine rings is 1. The highest BCUT2D eigenvalue weighted by Gasteiger charge is 2.59. The van der Waals surface area contributed by atoms with Crippen LogP contribution >= 0.6 is 0 Å². The predicted octanol–water partition coefficient (Wildman–Crippen LogP) is 3.93. The Bertz CT molecular complexity index is 1000. The fourth-order valence-electron chi connectivity index (χ4n) is 6.79. The van der Waals surface area contributed by atoms with E-state index in [1.807, 2.05) is 24.4 Å². The molecular weight excluding hydrogens is 402 g/mol. The maximum Gasteiger partial charge on any atom is 0.253 e. The van der Waals surface area contributed by atoms with Crippen LogP contribution in [0.1, 0.15) is 50.4 Å². The first-order valence-electron chi connectivity index (χ1n) is 12.1. The molecule has 3 fully saturated rings. The Labute approximate surface area is 191 Å². The summed E-state index contributed by atoms with van der Waals surface area (Å²) in [5.41, 5.74) is 2.10. The summed E-state index contributed by atoms with van der Waals surface area (Å²) in [4.78, 5) is 16.1. The molecule has 2 bridgehead atoms. The van der Waals surface area contributed by atoms with E-state index in [-0.39, 0.29) is 22.8 Å². The third-order valence-electron chi connectivity index (χ3n) is 8.63. The number of methoxy groups -OCH3 is 1. The second kappa shape index (κ2) is 8.07. The van der Waals surface area contributed by atoms with E-state index in [9.17, 15) is 4.79 Å². The number of amides is 1. The highest BCUT2D eigenvalue weighted by molar-refractivity contribution is 6.08. The SMILES string of the molecule is COc1cccc2c(C(=O)N[C@H]3C(C)(C)[C@@H]4CC[C@@]3(C)C4)cn(CCN3CCOCC3)c12. The zero-order valence-corrected chi connectivity index (χ0v) is 19.9. The summed E-state index contributed by atoms with van der Waals surface area (Å²) in [6.07, 6.45) is 5.75. The predicted molar refractivity (Wildman–Crippen MR) is 126 cm³/mol. The minimum absolute atomic E-state index is 0.0419. The number of carbonyl (C=O) groups is 1. The van der Waals surface area contributed by atoms with Crippen LogP contribution in [0.2, 0.25) is 0 Å². The smallest absolute Gasteiger partial charge is 0.253 e. The molecule has 3 atom stereocenters. The summed E-state index contributed by atoms with van der Waals surface area (Å²) in [6, 6.07) is 6.22. The number of rotatable bonds is 6. The largest absolute Gasteiger partial charge is 0.495 e. The van der Waals surface area contributed by atoms with Crippen molar-refractivity contribution in [2.75, 3.05) is 40.0 Å². The van der Waals surface area contributed by atoms with Crippen molar-refractivity contribution in [3.63, 3.8) is 0 Å². The first-order chi connectivity index (χ1) is 15.3. The molecule has 1 saturated heterocycles. The summed E-state index contributed by atoms with van der Waals surface area (Å²) in [5.74, 6) is 1.56. The molecular formula is C26H37N3O3. The van der Waals surface area contributed by atoms with Crippen LogP contribution in [-0.4, -0.2) is 61.4 Å². The molecule has 2 saturated carbocycles. The average molecular weight is 440 g/mol. The fraction of sp³-hybridized carbons (Fsp3) is 0.654. The van der Waals surface area contributed by atoms with Gasteiger partial charge < -0.3 is 19.4 Å². The van der Waals surface area contributed by atoms with E-state index in [1.165, 1.54) is 19.3 Å². The number of carbonyl (C=O) groups excluding carboxylic acids is 1. The van der Waals surface area contributed by atoms with Crippen LogP contribution < -0.4 is 10.1 Å². The number of aromatic nitrogens is 1. The molecule has 0 spiro atoms. The highest BCUT2D eigenvalue weighted by atomic mass is 16.5. The number of nitrogens with zero attached hydrogens (tertiary/aromatic N) is 2. The molecule has 1 aromatic heterocycles. The van der Waals surface area contributed by atoms with E-state index >= 15 is 0 Å². The van der Waals surface area contributed by atoms with Gasteiger partial charge in [-0.05, 0) is 42.1 Å². The number of benzene rings is 1. The Morgan fingerprint density at radius 1 is 1.22 bits per heavy atom. The topological polar surface area (TPSA) is 55.7 Å². The van der Waals surface area contributed by atoms with E-state index in [4.69, 9.17) is 9.47 Å². The lowest BCUT2D eigenvalue weighted by molar-refractivity contribution is 0.0365. The third-order valence-corrected chi connectivity index (χ3v) is 8.63. The van der Waals surface area contributed by atoms with E-state index in [0.29, 0.717) is 5.92 Å². The maximum absolute atomic E-state index is 13.6. The van der Waals surface area contributed by atoms with Crippen LogP contribution in [0.5, 0.6) is 5.75 Å². The summed E-state index contributed by atoms with van der Waals surface area (Å²) in [6.45, 7) is 12.3. The lowest BCUT2D eigenvalue weighted by Crippen LogP contribution is -2.52. The fourth-order valence-corrected chi connectivity index (χ4v) is 6.79. The van der Waals surface area contributed by atoms with Crippen molar-refractivity contribution in [1.29, 1.82) is 0 Å². The van der Waals surface area contributed by atoms with Crippen molar-refractivity contribution in [2.24, 2.45) is 16.7 Å². The average Bonchev–Trinajstić information content (AvgIpc) is 3.42. The van der Waals surface area contributed by atoms with Crippen molar-refractivity contribution in [1.82, 2.24) is 14.8 Å². The van der Waals surface area contributed by atoms with Crippen molar-refractivity contribution >= 4 is 16.8 Å². The van der Waals surface area contributed by atoms with Gasteiger partial charge in [-0.15, -0.1) is 0 Å². The van der Waals surface area contributed by atoms with Crippen molar-refractivity contribution in [3.8, 4) is 5.75 Å². The van der Waals surface area contributed by atoms with Crippen LogP contribution in [0, 0.1) is 16.7 Å². The van der Waals surface area contributed by atoms with Gasteiger partial charge in [0.2, 0.25) is 0 Å². The summed E-state index contributed by atoms with van der Waals surface area (Å²) in [5, 5.41) is 4.45. The van der Waals surface area contributed by atoms with Crippen molar-refractivity contribution in [2.45, 2.75) is 52.6 Å². The number of para-hydroxylation sites is 1. The minimum atomic E-state index is 0.0419. The summed E-state index contributed by atoms with van der Waals surface area (Å²) >= 11 is 0. The zero-order chi connectivity index (χ0) is 22.5. The molecule has 1 amide bonds. The first-order valence-corrected chi connectivity index (χ1v) is 12.1. The Balaban J connectivity index is 1.44. The van der Waals surface area contributed by atoms with Crippen LogP contribution in [0.25, 0.3) is 10.9 Å². The van der Waals surface area contributed by atoms with Crippen LogP contribution in [0.15, 0.2) is 24.4 Å². The molecule has 1 N–H and O–H groups in total. The quantitative estimate of drug-likeness (QED) is 0.741. The zero-order valence-electron chi connectivity index (χ0n) is 19.9. The molecule has 6 nitrogen and oxygen atoms in total. The number of nitrogens with one attached hydrogen (secondary N) is 1. The van der Waals surface area contributed by atoms with E-state index < -0.39 is 0 Å². The van der Waals surface area contributed by atoms with Crippen LogP contribution in [0.3, 0.4) is 0 Å². The maximum atomic E-state index is 13.6. The number of hydrogen-bond acceptors (Lipinski definition) is 4. The molecule has 2 aromatic rings. The molecule has 32 heavy (non-hydrogen) atoms. The van der Waals surface area contributed by atoms with Crippen LogP contribution in [0.4, 0.5) is 0 Å². The normalized spacial score (nSPS) is 29.5. The Morgan fingerprint density at radius 3 is 2.69 bits per heavy atom. The van der Waals surface area contributed by atoms with Gasteiger partial charge in [-0.25, -0.2) is 0 Å². The second-order valence-corrected chi connectivity index (χ2v) is 10.9. The molecule has 1 aliphatic heterocycles. The monoisotopic (exact) mass is 439 g/mol. The van der Waals surface area contributed by atoms with Gasteiger partial charge in [-0.2, -0.15) is 0 Å². The molecule has 174 valence electrons. The van der Waals surface area contributed by atoms with Crippen LogP contribution in [-0.2, 0) is 11.3 Å². The first kappa shape index (κ1) is 21.8. The van der Waals surface area contributed by atoms with Gasteiger partial charge in [0, 0.05) is 43.8 Å². The van der Waals surface area contributed by atoms with Gasteiger partial charge in [0.1, 0.15) is 5.75 Å². The lowest BCUT2D eigenvalue weighted by Gasteiger charge is -2.43. The Morgan fingerprint density at radius 2 is 2.00 bits per heavy atom. The molecule has 2 heterocycles. The molecule has 3 aliphatic rings. The second-order valence-electron chi connectivity index (χ2n) is 10.9. The number of ether oxygens (including phenoxy) is 2. The van der Waals surface area contributed by atoms with Gasteiger partial charge in [0.05, 0.1) is 31.4 Å². The molecule has 6 heteroatoms. The molecule has 0 unspecified atom stereocenters. The van der Waals surface area contributed by atoms with E-state index in [2.05, 4.69) is 35.6 Å². The Kier molecular flexibility index (Phi) is 5.49. The van der Waals surface area contributed by atoms with Crippen molar-refractivity contribution < 1.29 is 14.3 Å². The Hall–Kier alpha value is -2.05. The number of hydrogen-bond donors (Lipinski definition) is 1. The van der Waals surface area contributed by atoms with E-state index in [1.54, 1.807) is 7.11 Å². The highest BCUT2D eigenvalue weighted by Crippen LogP contribution is 2.62. The van der Waals surface area contributed by atoms with Crippen molar-refractivity contribution in [3.05, 3.63) is 30.0 Å². The van der Waals surface area contributed by atoms with Gasteiger partial charge in [-0.3, -0.25) is 9.69 Å². The van der Waals surface area contributed by atoms with Gasteiger partial charge in [-0.1, -0.05) is 32.9 Å². The summed E-state index contributed by atoms with van der Waals surface area (Å²) < 4.78 is 13.4. The molecule has 1 aromatic carbocycles. The van der Waals surface area contributed by atoms with Gasteiger partial charge >= 0.3 is 0 Å². The molecule has 2 aliphatic carbocycles. The van der Waals surface area contributed by atoms with Gasteiger partial charge in [0.25, 0.3) is 5.91 Å². The molecule has 5 rings (SSSR count). The standard InChI is InChI=1S/C26H37N3O3/c1-25(2)18-8-9-26(3,16-18)24(25)27-23(30)20-17-29(11-10-28-12-14-32-15-13-28)22-19(20)6-5-7-21(22)31-4/h5-7,17-18,24H,8-16H2,1-4H3,(H,27,30)/t18-,24+,26+/m1/s1.